The van der Waals surface area contributed by atoms with Crippen molar-refractivity contribution in [2.24, 2.45) is 0 Å². The van der Waals surface area contributed by atoms with Crippen LogP contribution in [0.2, 0.25) is 0 Å². The van der Waals surface area contributed by atoms with Gasteiger partial charge >= 0.3 is 0 Å². The Morgan fingerprint density at radius 2 is 1.02 bits per heavy atom. The van der Waals surface area contributed by atoms with Gasteiger partial charge in [-0.25, -0.2) is 9.97 Å². The zero-order valence-electron chi connectivity index (χ0n) is 25.7. The molecule has 8 aromatic rings. The van der Waals surface area contributed by atoms with Gasteiger partial charge in [0.2, 0.25) is 0 Å². The van der Waals surface area contributed by atoms with Crippen LogP contribution >= 0.6 is 0 Å². The summed E-state index contributed by atoms with van der Waals surface area (Å²) in [5.41, 5.74) is 14.1. The number of furan rings is 1. The Balaban J connectivity index is 1.17. The molecule has 9 rings (SSSR count). The number of rotatable bonds is 4. The van der Waals surface area contributed by atoms with Gasteiger partial charge in [-0.15, -0.1) is 0 Å². The van der Waals surface area contributed by atoms with E-state index in [0.717, 1.165) is 50.0 Å². The largest absolute Gasteiger partial charge is 0.456 e. The van der Waals surface area contributed by atoms with Crippen molar-refractivity contribution in [1.29, 1.82) is 0 Å². The molecule has 0 fully saturated rings. The van der Waals surface area contributed by atoms with Crippen LogP contribution < -0.4 is 0 Å². The van der Waals surface area contributed by atoms with Gasteiger partial charge in [0, 0.05) is 32.9 Å². The van der Waals surface area contributed by atoms with Crippen molar-refractivity contribution in [2.45, 2.75) is 19.3 Å². The van der Waals surface area contributed by atoms with Gasteiger partial charge in [0.15, 0.2) is 5.82 Å². The molecule has 0 saturated carbocycles. The van der Waals surface area contributed by atoms with Crippen molar-refractivity contribution >= 4 is 21.9 Å². The highest BCUT2D eigenvalue weighted by atomic mass is 16.3. The fourth-order valence-electron chi connectivity index (χ4n) is 7.05. The lowest BCUT2D eigenvalue weighted by Crippen LogP contribution is -2.14. The summed E-state index contributed by atoms with van der Waals surface area (Å²) in [4.78, 5) is 10.1. The van der Waals surface area contributed by atoms with Crippen LogP contribution in [0.5, 0.6) is 0 Å². The Kier molecular flexibility index (Phi) is 5.85. The lowest BCUT2D eigenvalue weighted by molar-refractivity contribution is 0.647. The number of benzene rings is 6. The van der Waals surface area contributed by atoms with Crippen LogP contribution in [0.25, 0.3) is 78.1 Å². The van der Waals surface area contributed by atoms with Crippen molar-refractivity contribution in [3.05, 3.63) is 157 Å². The highest BCUT2D eigenvalue weighted by molar-refractivity contribution is 6.08. The number of hydrogen-bond donors (Lipinski definition) is 0. The third-order valence-corrected chi connectivity index (χ3v) is 9.52. The minimum atomic E-state index is -0.0747. The van der Waals surface area contributed by atoms with Crippen LogP contribution in [0.4, 0.5) is 0 Å². The van der Waals surface area contributed by atoms with E-state index in [0.29, 0.717) is 5.82 Å². The monoisotopic (exact) mass is 590 g/mol. The first-order valence-electron chi connectivity index (χ1n) is 15.7. The van der Waals surface area contributed by atoms with Crippen molar-refractivity contribution in [2.75, 3.05) is 0 Å². The third kappa shape index (κ3) is 4.20. The van der Waals surface area contributed by atoms with E-state index in [2.05, 4.69) is 135 Å². The van der Waals surface area contributed by atoms with Crippen LogP contribution in [-0.4, -0.2) is 9.97 Å². The molecule has 0 radical (unpaired) electrons. The second-order valence-corrected chi connectivity index (χ2v) is 12.6. The molecule has 46 heavy (non-hydrogen) atoms. The van der Waals surface area contributed by atoms with Gasteiger partial charge in [-0.1, -0.05) is 129 Å². The first-order chi connectivity index (χ1) is 22.5. The average Bonchev–Trinajstić information content (AvgIpc) is 3.59. The van der Waals surface area contributed by atoms with E-state index in [9.17, 15) is 0 Å². The lowest BCUT2D eigenvalue weighted by Gasteiger charge is -2.21. The topological polar surface area (TPSA) is 38.9 Å². The first-order valence-corrected chi connectivity index (χ1v) is 15.7. The van der Waals surface area contributed by atoms with Gasteiger partial charge in [0.1, 0.15) is 11.2 Å². The fourth-order valence-corrected chi connectivity index (χ4v) is 7.05. The summed E-state index contributed by atoms with van der Waals surface area (Å²) in [7, 11) is 0. The van der Waals surface area contributed by atoms with Crippen molar-refractivity contribution in [3.8, 4) is 56.2 Å². The maximum atomic E-state index is 6.57. The molecule has 0 amide bonds. The quantitative estimate of drug-likeness (QED) is 0.205. The molecule has 1 aliphatic carbocycles. The molecule has 1 aliphatic rings. The molecule has 0 atom stereocenters. The second-order valence-electron chi connectivity index (χ2n) is 12.6. The Labute approximate surface area is 267 Å². The van der Waals surface area contributed by atoms with Crippen molar-refractivity contribution < 1.29 is 4.42 Å². The standard InChI is InChI=1S/C43H30N2O/c1-43(2)36-16-10-9-15-32(36)34-24-35-33-22-21-31(23-40(33)46-41(35)25-37(34)43)39-26-38(44-42(45-39)30-13-7-4-8-14-30)29-19-17-28(18-20-29)27-11-5-3-6-12-27/h3-26H,1-2H3. The molecule has 6 aromatic carbocycles. The maximum absolute atomic E-state index is 6.57. The molecule has 0 spiro atoms. The number of nitrogens with zero attached hydrogens (tertiary/aromatic N) is 2. The van der Waals surface area contributed by atoms with Gasteiger partial charge in [-0.3, -0.25) is 0 Å². The Bertz CT molecular complexity index is 2420. The third-order valence-electron chi connectivity index (χ3n) is 9.52. The molecular formula is C43H30N2O. The molecule has 3 nitrogen and oxygen atoms in total. The lowest BCUT2D eigenvalue weighted by atomic mass is 9.82. The van der Waals surface area contributed by atoms with Crippen molar-refractivity contribution in [1.82, 2.24) is 9.97 Å². The predicted octanol–water partition coefficient (Wildman–Crippen LogP) is 11.4. The minimum absolute atomic E-state index is 0.0747. The van der Waals surface area contributed by atoms with Crippen LogP contribution in [0, 0.1) is 0 Å². The summed E-state index contributed by atoms with van der Waals surface area (Å²) >= 11 is 0. The molecule has 2 aromatic heterocycles. The molecule has 0 unspecified atom stereocenters. The zero-order chi connectivity index (χ0) is 30.8. The Morgan fingerprint density at radius 1 is 0.435 bits per heavy atom. The van der Waals surface area contributed by atoms with E-state index in [1.54, 1.807) is 0 Å². The molecule has 0 bridgehead atoms. The smallest absolute Gasteiger partial charge is 0.160 e. The van der Waals surface area contributed by atoms with Gasteiger partial charge < -0.3 is 4.42 Å². The highest BCUT2D eigenvalue weighted by Gasteiger charge is 2.36. The summed E-state index contributed by atoms with van der Waals surface area (Å²) in [5, 5.41) is 2.25. The first kappa shape index (κ1) is 26.6. The second kappa shape index (κ2) is 10.1. The Hall–Kier alpha value is -5.80. The predicted molar refractivity (Wildman–Crippen MR) is 189 cm³/mol. The highest BCUT2D eigenvalue weighted by Crippen LogP contribution is 2.50. The van der Waals surface area contributed by atoms with E-state index in [-0.39, 0.29) is 5.41 Å². The van der Waals surface area contributed by atoms with Crippen LogP contribution in [0.15, 0.2) is 150 Å². The number of aromatic nitrogens is 2. The van der Waals surface area contributed by atoms with E-state index < -0.39 is 0 Å². The van der Waals surface area contributed by atoms with E-state index in [1.807, 2.05) is 24.3 Å². The number of hydrogen-bond acceptors (Lipinski definition) is 3. The van der Waals surface area contributed by atoms with Crippen molar-refractivity contribution in [3.63, 3.8) is 0 Å². The van der Waals surface area contributed by atoms with Gasteiger partial charge in [0.05, 0.1) is 11.4 Å². The normalized spacial score (nSPS) is 13.2. The van der Waals surface area contributed by atoms with Gasteiger partial charge in [-0.2, -0.15) is 0 Å². The number of fused-ring (bicyclic) bond motifs is 6. The Morgan fingerprint density at radius 3 is 1.78 bits per heavy atom. The summed E-state index contributed by atoms with van der Waals surface area (Å²) < 4.78 is 6.57. The molecule has 0 saturated heterocycles. The van der Waals surface area contributed by atoms with Gasteiger partial charge in [0.25, 0.3) is 0 Å². The zero-order valence-corrected chi connectivity index (χ0v) is 25.7. The summed E-state index contributed by atoms with van der Waals surface area (Å²) in [6.45, 7) is 4.60. The van der Waals surface area contributed by atoms with Crippen LogP contribution in [-0.2, 0) is 5.41 Å². The summed E-state index contributed by atoms with van der Waals surface area (Å²) in [6.07, 6.45) is 0. The van der Waals surface area contributed by atoms with E-state index in [1.165, 1.54) is 33.4 Å². The van der Waals surface area contributed by atoms with E-state index >= 15 is 0 Å². The van der Waals surface area contributed by atoms with Crippen LogP contribution in [0.1, 0.15) is 25.0 Å². The summed E-state index contributed by atoms with van der Waals surface area (Å²) in [6, 6.07) is 51.1. The fraction of sp³-hybridized carbons (Fsp3) is 0.0698. The SMILES string of the molecule is CC1(C)c2ccccc2-c2cc3c(cc21)oc1cc(-c2cc(-c4ccc(-c5ccccc5)cc4)nc(-c4ccccc4)n2)ccc13. The van der Waals surface area contributed by atoms with Gasteiger partial charge in [-0.05, 0) is 63.7 Å². The minimum Gasteiger partial charge on any atom is -0.456 e. The molecule has 0 N–H and O–H groups in total. The molecule has 0 aliphatic heterocycles. The van der Waals surface area contributed by atoms with E-state index in [4.69, 9.17) is 14.4 Å². The molecule has 3 heteroatoms. The molecule has 218 valence electrons. The average molecular weight is 591 g/mol. The molecule has 2 heterocycles. The summed E-state index contributed by atoms with van der Waals surface area (Å²) in [5.74, 6) is 0.697. The molecular weight excluding hydrogens is 560 g/mol. The van der Waals surface area contributed by atoms with Crippen LogP contribution in [0.3, 0.4) is 0 Å². The maximum Gasteiger partial charge on any atom is 0.160 e.